The largest absolute Gasteiger partial charge is 0.361 e. The Morgan fingerprint density at radius 1 is 1.35 bits per heavy atom. The molecule has 1 fully saturated rings. The normalized spacial score (nSPS) is 18.5. The van der Waals surface area contributed by atoms with Crippen LogP contribution in [0.5, 0.6) is 0 Å². The topological polar surface area (TPSA) is 52.2 Å². The minimum Gasteiger partial charge on any atom is -0.361 e. The molecule has 0 bridgehead atoms. The van der Waals surface area contributed by atoms with Crippen molar-refractivity contribution in [2.45, 2.75) is 30.9 Å². The van der Waals surface area contributed by atoms with Crippen molar-refractivity contribution in [1.29, 1.82) is 0 Å². The van der Waals surface area contributed by atoms with Gasteiger partial charge in [-0.05, 0) is 43.1 Å². The van der Waals surface area contributed by atoms with Gasteiger partial charge in [0, 0.05) is 42.5 Å². The van der Waals surface area contributed by atoms with E-state index in [1.807, 2.05) is 7.05 Å². The van der Waals surface area contributed by atoms with Crippen LogP contribution in [-0.4, -0.2) is 42.1 Å². The number of guanidine groups is 1. The first-order valence-electron chi connectivity index (χ1n) is 8.48. The molecule has 0 radical (unpaired) electrons. The summed E-state index contributed by atoms with van der Waals surface area (Å²) in [6.45, 7) is 1.96. The summed E-state index contributed by atoms with van der Waals surface area (Å²) in [6.07, 6.45) is 6.99. The summed E-state index contributed by atoms with van der Waals surface area (Å²) in [7, 11) is 1.84. The van der Waals surface area contributed by atoms with Crippen LogP contribution in [-0.2, 0) is 6.42 Å². The fourth-order valence-corrected chi connectivity index (χ4v) is 4.26. The van der Waals surface area contributed by atoms with Crippen LogP contribution in [0.2, 0.25) is 0 Å². The number of rotatable bonds is 6. The summed E-state index contributed by atoms with van der Waals surface area (Å²) < 4.78 is 0. The van der Waals surface area contributed by atoms with Gasteiger partial charge in [-0.1, -0.05) is 18.2 Å². The maximum Gasteiger partial charge on any atom is 0.191 e. The zero-order chi connectivity index (χ0) is 15.9. The predicted molar refractivity (Wildman–Crippen MR) is 101 cm³/mol. The quantitative estimate of drug-likeness (QED) is 0.433. The van der Waals surface area contributed by atoms with E-state index in [9.17, 15) is 0 Å². The van der Waals surface area contributed by atoms with E-state index in [0.29, 0.717) is 0 Å². The van der Waals surface area contributed by atoms with Crippen molar-refractivity contribution < 1.29 is 0 Å². The average Bonchev–Trinajstić information content (AvgIpc) is 3.24. The molecular weight excluding hydrogens is 304 g/mol. The van der Waals surface area contributed by atoms with Crippen LogP contribution >= 0.6 is 11.8 Å². The molecule has 1 aliphatic rings. The molecule has 0 amide bonds. The highest BCUT2D eigenvalue weighted by Gasteiger charge is 2.15. The number of aryl methyl sites for hydroxylation is 1. The molecule has 1 atom stereocenters. The third-order valence-electron chi connectivity index (χ3n) is 4.34. The zero-order valence-corrected chi connectivity index (χ0v) is 14.6. The lowest BCUT2D eigenvalue weighted by atomic mass is 10.1. The van der Waals surface area contributed by atoms with Crippen molar-refractivity contribution in [3.63, 3.8) is 0 Å². The molecule has 1 aromatic carbocycles. The Morgan fingerprint density at radius 2 is 2.26 bits per heavy atom. The SMILES string of the molecule is CN=C(NCCCc1c[nH]c2ccccc12)NCC1CCCS1. The summed E-state index contributed by atoms with van der Waals surface area (Å²) in [6, 6.07) is 8.49. The number of aromatic amines is 1. The number of hydrogen-bond donors (Lipinski definition) is 3. The lowest BCUT2D eigenvalue weighted by molar-refractivity contribution is 0.711. The number of aliphatic imine (C=N–C) groups is 1. The molecule has 124 valence electrons. The van der Waals surface area contributed by atoms with E-state index < -0.39 is 0 Å². The van der Waals surface area contributed by atoms with Crippen LogP contribution in [0.25, 0.3) is 10.9 Å². The summed E-state index contributed by atoms with van der Waals surface area (Å²) in [5, 5.41) is 8.96. The fraction of sp³-hybridized carbons (Fsp3) is 0.500. The number of nitrogens with zero attached hydrogens (tertiary/aromatic N) is 1. The maximum absolute atomic E-state index is 4.31. The van der Waals surface area contributed by atoms with Gasteiger partial charge in [-0.2, -0.15) is 11.8 Å². The highest BCUT2D eigenvalue weighted by atomic mass is 32.2. The first-order chi connectivity index (χ1) is 11.4. The van der Waals surface area contributed by atoms with Gasteiger partial charge in [0.25, 0.3) is 0 Å². The highest BCUT2D eigenvalue weighted by Crippen LogP contribution is 2.25. The van der Waals surface area contributed by atoms with Crippen molar-refractivity contribution >= 4 is 28.6 Å². The molecule has 0 saturated carbocycles. The van der Waals surface area contributed by atoms with Crippen molar-refractivity contribution in [3.8, 4) is 0 Å². The van der Waals surface area contributed by atoms with E-state index in [-0.39, 0.29) is 0 Å². The number of hydrogen-bond acceptors (Lipinski definition) is 2. The molecule has 1 aromatic heterocycles. The van der Waals surface area contributed by atoms with Crippen LogP contribution in [0.1, 0.15) is 24.8 Å². The van der Waals surface area contributed by atoms with Gasteiger partial charge in [0.1, 0.15) is 0 Å². The number of thioether (sulfide) groups is 1. The Bertz CT molecular complexity index is 643. The lowest BCUT2D eigenvalue weighted by Crippen LogP contribution is -2.40. The molecule has 3 N–H and O–H groups in total. The minimum atomic E-state index is 0.750. The number of nitrogens with one attached hydrogen (secondary N) is 3. The molecule has 3 rings (SSSR count). The van der Waals surface area contributed by atoms with Crippen LogP contribution in [0.3, 0.4) is 0 Å². The first kappa shape index (κ1) is 16.2. The van der Waals surface area contributed by atoms with Crippen LogP contribution in [0, 0.1) is 0 Å². The van der Waals surface area contributed by atoms with E-state index in [0.717, 1.165) is 37.1 Å². The van der Waals surface area contributed by atoms with Crippen molar-refractivity contribution in [2.24, 2.45) is 4.99 Å². The third kappa shape index (κ3) is 4.44. The number of para-hydroxylation sites is 1. The third-order valence-corrected chi connectivity index (χ3v) is 5.73. The summed E-state index contributed by atoms with van der Waals surface area (Å²) >= 11 is 2.07. The second kappa shape index (κ2) is 8.29. The highest BCUT2D eigenvalue weighted by molar-refractivity contribution is 8.00. The van der Waals surface area contributed by atoms with Gasteiger partial charge in [0.2, 0.25) is 0 Å². The van der Waals surface area contributed by atoms with Gasteiger partial charge in [0.15, 0.2) is 5.96 Å². The number of benzene rings is 1. The Kier molecular flexibility index (Phi) is 5.86. The van der Waals surface area contributed by atoms with E-state index in [4.69, 9.17) is 0 Å². The second-order valence-electron chi connectivity index (χ2n) is 5.98. The van der Waals surface area contributed by atoms with Gasteiger partial charge < -0.3 is 15.6 Å². The van der Waals surface area contributed by atoms with E-state index >= 15 is 0 Å². The number of aromatic nitrogens is 1. The minimum absolute atomic E-state index is 0.750. The van der Waals surface area contributed by atoms with Crippen molar-refractivity contribution in [1.82, 2.24) is 15.6 Å². The first-order valence-corrected chi connectivity index (χ1v) is 9.53. The fourth-order valence-electron chi connectivity index (χ4n) is 3.06. The zero-order valence-electron chi connectivity index (χ0n) is 13.8. The monoisotopic (exact) mass is 330 g/mol. The van der Waals surface area contributed by atoms with Crippen LogP contribution < -0.4 is 10.6 Å². The Labute approximate surface area is 142 Å². The molecule has 1 aliphatic heterocycles. The maximum atomic E-state index is 4.31. The average molecular weight is 331 g/mol. The molecule has 2 aromatic rings. The van der Waals surface area contributed by atoms with E-state index in [1.54, 1.807) is 0 Å². The summed E-state index contributed by atoms with van der Waals surface area (Å²) in [5.74, 6) is 2.24. The lowest BCUT2D eigenvalue weighted by Gasteiger charge is -2.14. The van der Waals surface area contributed by atoms with Crippen molar-refractivity contribution in [3.05, 3.63) is 36.0 Å². The van der Waals surface area contributed by atoms with Gasteiger partial charge in [-0.3, -0.25) is 4.99 Å². The van der Waals surface area contributed by atoms with Gasteiger partial charge >= 0.3 is 0 Å². The van der Waals surface area contributed by atoms with Gasteiger partial charge in [-0.25, -0.2) is 0 Å². The molecule has 0 aliphatic carbocycles. The van der Waals surface area contributed by atoms with Gasteiger partial charge in [0.05, 0.1) is 0 Å². The van der Waals surface area contributed by atoms with E-state index in [2.05, 4.69) is 62.8 Å². The molecule has 1 saturated heterocycles. The standard InChI is InChI=1S/C18H26N4S/c1-19-18(22-13-15-7-5-11-23-15)20-10-4-6-14-12-21-17-9-3-2-8-16(14)17/h2-3,8-9,12,15,21H,4-7,10-11,13H2,1H3,(H2,19,20,22). The van der Waals surface area contributed by atoms with Crippen molar-refractivity contribution in [2.75, 3.05) is 25.9 Å². The molecule has 1 unspecified atom stereocenters. The smallest absolute Gasteiger partial charge is 0.191 e. The van der Waals surface area contributed by atoms with Gasteiger partial charge in [-0.15, -0.1) is 0 Å². The molecule has 23 heavy (non-hydrogen) atoms. The number of fused-ring (bicyclic) bond motifs is 1. The molecule has 2 heterocycles. The van der Waals surface area contributed by atoms with E-state index in [1.165, 1.54) is 35.1 Å². The molecular formula is C18H26N4S. The van der Waals surface area contributed by atoms with Crippen LogP contribution in [0.15, 0.2) is 35.5 Å². The number of H-pyrrole nitrogens is 1. The van der Waals surface area contributed by atoms with Crippen LogP contribution in [0.4, 0.5) is 0 Å². The Hall–Kier alpha value is -1.62. The second-order valence-corrected chi connectivity index (χ2v) is 7.39. The Morgan fingerprint density at radius 3 is 3.09 bits per heavy atom. The summed E-state index contributed by atoms with van der Waals surface area (Å²) in [5.41, 5.74) is 2.62. The molecule has 0 spiro atoms. The predicted octanol–water partition coefficient (Wildman–Crippen LogP) is 3.16. The molecule has 4 nitrogen and oxygen atoms in total. The summed E-state index contributed by atoms with van der Waals surface area (Å²) in [4.78, 5) is 7.65. The Balaban J connectivity index is 1.39. The molecule has 5 heteroatoms.